The lowest BCUT2D eigenvalue weighted by Crippen LogP contribution is -2.48. The predicted octanol–water partition coefficient (Wildman–Crippen LogP) is 4.02. The summed E-state index contributed by atoms with van der Waals surface area (Å²) in [5, 5.41) is -0.0743. The predicted molar refractivity (Wildman–Crippen MR) is 132 cm³/mol. The zero-order valence-electron chi connectivity index (χ0n) is 19.1. The van der Waals surface area contributed by atoms with Gasteiger partial charge in [0.1, 0.15) is 16.9 Å². The lowest BCUT2D eigenvalue weighted by molar-refractivity contribution is -0.128. The molecule has 1 atom stereocenters. The SMILES string of the molecule is COc1ccc(N2CCN(C(=O)c3ccc([C@@H]4SCC(=O)N4Cc4ccco4)cc3)CC2)cc1. The van der Waals surface area contributed by atoms with Crippen LogP contribution in [-0.4, -0.2) is 60.7 Å². The summed E-state index contributed by atoms with van der Waals surface area (Å²) in [5.41, 5.74) is 2.83. The fourth-order valence-electron chi connectivity index (χ4n) is 4.41. The summed E-state index contributed by atoms with van der Waals surface area (Å²) in [4.78, 5) is 31.5. The van der Waals surface area contributed by atoms with Gasteiger partial charge in [-0.25, -0.2) is 0 Å². The number of carbonyl (C=O) groups excluding carboxylic acids is 2. The van der Waals surface area contributed by atoms with E-state index in [1.54, 1.807) is 25.1 Å². The van der Waals surface area contributed by atoms with Gasteiger partial charge < -0.3 is 23.9 Å². The van der Waals surface area contributed by atoms with Gasteiger partial charge in [0.2, 0.25) is 5.91 Å². The molecule has 0 saturated carbocycles. The molecule has 0 N–H and O–H groups in total. The summed E-state index contributed by atoms with van der Waals surface area (Å²) in [7, 11) is 1.66. The van der Waals surface area contributed by atoms with Crippen LogP contribution in [0.1, 0.15) is 27.1 Å². The third-order valence-corrected chi connectivity index (χ3v) is 7.58. The highest BCUT2D eigenvalue weighted by Crippen LogP contribution is 2.39. The van der Waals surface area contributed by atoms with Crippen molar-refractivity contribution < 1.29 is 18.7 Å². The Hall–Kier alpha value is -3.39. The highest BCUT2D eigenvalue weighted by atomic mass is 32.2. The van der Waals surface area contributed by atoms with Crippen molar-refractivity contribution in [1.29, 1.82) is 0 Å². The summed E-state index contributed by atoms with van der Waals surface area (Å²) < 4.78 is 10.7. The molecule has 8 heteroatoms. The maximum Gasteiger partial charge on any atom is 0.253 e. The van der Waals surface area contributed by atoms with Crippen LogP contribution >= 0.6 is 11.8 Å². The van der Waals surface area contributed by atoms with Gasteiger partial charge in [-0.1, -0.05) is 12.1 Å². The maximum absolute atomic E-state index is 13.1. The van der Waals surface area contributed by atoms with E-state index in [1.165, 1.54) is 0 Å². The molecule has 5 rings (SSSR count). The Labute approximate surface area is 203 Å². The van der Waals surface area contributed by atoms with E-state index in [1.807, 2.05) is 58.3 Å². The molecular weight excluding hydrogens is 450 g/mol. The third-order valence-electron chi connectivity index (χ3n) is 6.32. The van der Waals surface area contributed by atoms with Crippen molar-refractivity contribution in [3.8, 4) is 5.75 Å². The fraction of sp³-hybridized carbons (Fsp3) is 0.308. The fourth-order valence-corrected chi connectivity index (χ4v) is 5.59. The molecule has 2 saturated heterocycles. The van der Waals surface area contributed by atoms with Crippen molar-refractivity contribution in [2.75, 3.05) is 43.9 Å². The molecule has 0 bridgehead atoms. The van der Waals surface area contributed by atoms with E-state index in [0.717, 1.165) is 35.9 Å². The topological polar surface area (TPSA) is 66.2 Å². The van der Waals surface area contributed by atoms with Crippen LogP contribution in [0.25, 0.3) is 0 Å². The lowest BCUT2D eigenvalue weighted by atomic mass is 10.1. The first-order chi connectivity index (χ1) is 16.6. The second kappa shape index (κ2) is 9.85. The van der Waals surface area contributed by atoms with Gasteiger partial charge in [-0.2, -0.15) is 0 Å². The number of nitrogens with zero attached hydrogens (tertiary/aromatic N) is 3. The van der Waals surface area contributed by atoms with Gasteiger partial charge in [-0.3, -0.25) is 9.59 Å². The first kappa shape index (κ1) is 22.4. The average molecular weight is 478 g/mol. The minimum Gasteiger partial charge on any atom is -0.497 e. The largest absolute Gasteiger partial charge is 0.497 e. The quantitative estimate of drug-likeness (QED) is 0.534. The number of rotatable bonds is 6. The van der Waals surface area contributed by atoms with Crippen molar-refractivity contribution in [3.05, 3.63) is 83.8 Å². The Morgan fingerprint density at radius 2 is 1.76 bits per heavy atom. The van der Waals surface area contributed by atoms with Crippen LogP contribution in [0.3, 0.4) is 0 Å². The molecular formula is C26H27N3O4S. The van der Waals surface area contributed by atoms with Gasteiger partial charge >= 0.3 is 0 Å². The highest BCUT2D eigenvalue weighted by molar-refractivity contribution is 8.00. The Bertz CT molecular complexity index is 1120. The second-order valence-corrected chi connectivity index (χ2v) is 9.43. The van der Waals surface area contributed by atoms with Crippen LogP contribution in [0.5, 0.6) is 5.75 Å². The molecule has 3 aromatic rings. The molecule has 7 nitrogen and oxygen atoms in total. The molecule has 3 heterocycles. The van der Waals surface area contributed by atoms with Crippen molar-refractivity contribution in [3.63, 3.8) is 0 Å². The number of methoxy groups -OCH3 is 1. The molecule has 0 unspecified atom stereocenters. The van der Waals surface area contributed by atoms with E-state index in [-0.39, 0.29) is 17.2 Å². The molecule has 0 radical (unpaired) electrons. The smallest absolute Gasteiger partial charge is 0.253 e. The summed E-state index contributed by atoms with van der Waals surface area (Å²) in [6, 6.07) is 19.4. The first-order valence-corrected chi connectivity index (χ1v) is 12.4. The van der Waals surface area contributed by atoms with Gasteiger partial charge in [0, 0.05) is 37.4 Å². The number of ether oxygens (including phenoxy) is 1. The van der Waals surface area contributed by atoms with Crippen LogP contribution in [0.2, 0.25) is 0 Å². The van der Waals surface area contributed by atoms with Gasteiger partial charge in [-0.05, 0) is 54.1 Å². The molecule has 0 spiro atoms. The van der Waals surface area contributed by atoms with Crippen molar-refractivity contribution >= 4 is 29.3 Å². The van der Waals surface area contributed by atoms with Crippen LogP contribution in [0.4, 0.5) is 5.69 Å². The third kappa shape index (κ3) is 4.63. The highest BCUT2D eigenvalue weighted by Gasteiger charge is 2.33. The molecule has 176 valence electrons. The second-order valence-electron chi connectivity index (χ2n) is 8.36. The molecule has 1 aromatic heterocycles. The van der Waals surface area contributed by atoms with Crippen LogP contribution in [0.15, 0.2) is 71.3 Å². The number of furan rings is 1. The number of hydrogen-bond donors (Lipinski definition) is 0. The van der Waals surface area contributed by atoms with Gasteiger partial charge in [0.25, 0.3) is 5.91 Å². The number of anilines is 1. The van der Waals surface area contributed by atoms with E-state index < -0.39 is 0 Å². The summed E-state index contributed by atoms with van der Waals surface area (Å²) in [6.45, 7) is 3.38. The molecule has 2 aromatic carbocycles. The summed E-state index contributed by atoms with van der Waals surface area (Å²) >= 11 is 1.60. The van der Waals surface area contributed by atoms with E-state index in [0.29, 0.717) is 31.0 Å². The summed E-state index contributed by atoms with van der Waals surface area (Å²) in [6.07, 6.45) is 1.62. The molecule has 34 heavy (non-hydrogen) atoms. The van der Waals surface area contributed by atoms with Crippen LogP contribution in [-0.2, 0) is 11.3 Å². The molecule has 0 aliphatic carbocycles. The zero-order chi connectivity index (χ0) is 23.5. The molecule has 2 amide bonds. The van der Waals surface area contributed by atoms with E-state index in [9.17, 15) is 9.59 Å². The number of piperazine rings is 1. The number of benzene rings is 2. The van der Waals surface area contributed by atoms with E-state index in [4.69, 9.17) is 9.15 Å². The minimum atomic E-state index is -0.0743. The lowest BCUT2D eigenvalue weighted by Gasteiger charge is -2.36. The van der Waals surface area contributed by atoms with Gasteiger partial charge in [0.15, 0.2) is 0 Å². The number of thioether (sulfide) groups is 1. The Morgan fingerprint density at radius 3 is 2.41 bits per heavy atom. The minimum absolute atomic E-state index is 0.0449. The number of hydrogen-bond acceptors (Lipinski definition) is 6. The first-order valence-electron chi connectivity index (χ1n) is 11.3. The normalized spacial score (nSPS) is 18.4. The Kier molecular flexibility index (Phi) is 6.49. The maximum atomic E-state index is 13.1. The van der Waals surface area contributed by atoms with E-state index in [2.05, 4.69) is 17.0 Å². The van der Waals surface area contributed by atoms with Crippen molar-refractivity contribution in [2.24, 2.45) is 0 Å². The van der Waals surface area contributed by atoms with E-state index >= 15 is 0 Å². The zero-order valence-corrected chi connectivity index (χ0v) is 19.9. The van der Waals surface area contributed by atoms with Crippen LogP contribution in [0, 0.1) is 0 Å². The average Bonchev–Trinajstić information content (AvgIpc) is 3.54. The molecule has 2 fully saturated rings. The van der Waals surface area contributed by atoms with Crippen molar-refractivity contribution in [2.45, 2.75) is 11.9 Å². The standard InChI is InChI=1S/C26H27N3O4S/c1-32-22-10-8-21(9-11-22)27-12-14-28(15-13-27)25(31)19-4-6-20(7-5-19)26-29(24(30)18-34-26)17-23-3-2-16-33-23/h2-11,16,26H,12-15,17-18H2,1H3/t26-/m0/s1. The Balaban J connectivity index is 1.20. The molecule has 2 aliphatic heterocycles. The van der Waals surface area contributed by atoms with Gasteiger partial charge in [0.05, 0.1) is 25.7 Å². The monoisotopic (exact) mass is 477 g/mol. The van der Waals surface area contributed by atoms with Crippen LogP contribution < -0.4 is 9.64 Å². The molecule has 2 aliphatic rings. The number of amides is 2. The summed E-state index contributed by atoms with van der Waals surface area (Å²) in [5.74, 6) is 2.20. The van der Waals surface area contributed by atoms with Crippen molar-refractivity contribution in [1.82, 2.24) is 9.80 Å². The Morgan fingerprint density at radius 1 is 1.03 bits per heavy atom. The number of carbonyl (C=O) groups is 2. The van der Waals surface area contributed by atoms with Gasteiger partial charge in [-0.15, -0.1) is 11.8 Å².